The summed E-state index contributed by atoms with van der Waals surface area (Å²) in [6, 6.07) is 27.6. The summed E-state index contributed by atoms with van der Waals surface area (Å²) in [5, 5.41) is 1.71. The second-order valence-corrected chi connectivity index (χ2v) is 8.21. The predicted molar refractivity (Wildman–Crippen MR) is 100.0 cm³/mol. The average Bonchev–Trinajstić information content (AvgIpc) is 2.61. The van der Waals surface area contributed by atoms with Crippen LogP contribution >= 0.6 is 7.14 Å². The fraction of sp³-hybridized carbons (Fsp3) is 0.0476. The molecule has 3 aromatic carbocycles. The molecule has 0 aliphatic heterocycles. The van der Waals surface area contributed by atoms with Gasteiger partial charge in [0, 0.05) is 10.6 Å². The van der Waals surface area contributed by atoms with Gasteiger partial charge in [-0.15, -0.1) is 0 Å². The molecule has 0 atom stereocenters. The molecule has 2 heteroatoms. The van der Waals surface area contributed by atoms with E-state index in [0.29, 0.717) is 0 Å². The Balaban J connectivity index is 2.08. The zero-order valence-electron chi connectivity index (χ0n) is 13.1. The van der Waals surface area contributed by atoms with Gasteiger partial charge in [0.25, 0.3) is 0 Å². The van der Waals surface area contributed by atoms with Crippen molar-refractivity contribution in [2.45, 2.75) is 6.92 Å². The van der Waals surface area contributed by atoms with E-state index in [0.717, 1.165) is 16.2 Å². The van der Waals surface area contributed by atoms with Crippen LogP contribution in [0.15, 0.2) is 90.7 Å². The zero-order chi connectivity index (χ0) is 16.1. The van der Waals surface area contributed by atoms with Crippen molar-refractivity contribution in [2.75, 3.05) is 0 Å². The second-order valence-electron chi connectivity index (χ2n) is 5.56. The summed E-state index contributed by atoms with van der Waals surface area (Å²) >= 11 is 0. The zero-order valence-corrected chi connectivity index (χ0v) is 14.0. The van der Waals surface area contributed by atoms with Crippen LogP contribution in [0.3, 0.4) is 0 Å². The molecule has 0 aliphatic carbocycles. The maximum atomic E-state index is 13.8. The van der Waals surface area contributed by atoms with Gasteiger partial charge in [0.15, 0.2) is 7.14 Å². The van der Waals surface area contributed by atoms with Gasteiger partial charge in [-0.2, -0.15) is 0 Å². The van der Waals surface area contributed by atoms with Crippen molar-refractivity contribution >= 4 is 23.8 Å². The lowest BCUT2D eigenvalue weighted by molar-refractivity contribution is 0.592. The molecule has 0 N–H and O–H groups in total. The lowest BCUT2D eigenvalue weighted by Crippen LogP contribution is -2.13. The molecule has 0 aromatic heterocycles. The van der Waals surface area contributed by atoms with Gasteiger partial charge < -0.3 is 4.57 Å². The summed E-state index contributed by atoms with van der Waals surface area (Å²) in [6.45, 7) is 2.06. The molecule has 0 spiro atoms. The predicted octanol–water partition coefficient (Wildman–Crippen LogP) is 4.98. The summed E-state index contributed by atoms with van der Waals surface area (Å²) in [5.74, 6) is 1.87. The molecule has 0 bridgehead atoms. The maximum Gasteiger partial charge on any atom is 0.164 e. The maximum absolute atomic E-state index is 13.8. The molecule has 0 unspecified atom stereocenters. The van der Waals surface area contributed by atoms with Crippen molar-refractivity contribution in [3.63, 3.8) is 0 Å². The highest BCUT2D eigenvalue weighted by Gasteiger charge is 2.23. The van der Waals surface area contributed by atoms with Gasteiger partial charge in [0.05, 0.1) is 0 Å². The van der Waals surface area contributed by atoms with Gasteiger partial charge in [-0.1, -0.05) is 96.6 Å². The molecule has 0 aliphatic rings. The standard InChI is InChI=1S/C21H19OP/c1-18-9-8-10-19(17-18)15-16-23(22,20-11-4-2-5-12-20)21-13-6-3-7-14-21/h2-17H,1H3/b16-15+. The van der Waals surface area contributed by atoms with Crippen LogP contribution in [0.25, 0.3) is 6.08 Å². The van der Waals surface area contributed by atoms with Crippen LogP contribution in [0.1, 0.15) is 11.1 Å². The molecule has 114 valence electrons. The summed E-state index contributed by atoms with van der Waals surface area (Å²) in [4.78, 5) is 0. The van der Waals surface area contributed by atoms with E-state index in [4.69, 9.17) is 0 Å². The minimum Gasteiger partial charge on any atom is -0.309 e. The third-order valence-corrected chi connectivity index (χ3v) is 6.50. The van der Waals surface area contributed by atoms with E-state index in [9.17, 15) is 4.57 Å². The third-order valence-electron chi connectivity index (χ3n) is 3.80. The van der Waals surface area contributed by atoms with Crippen molar-refractivity contribution < 1.29 is 4.57 Å². The van der Waals surface area contributed by atoms with E-state index in [1.54, 1.807) is 0 Å². The average molecular weight is 318 g/mol. The quantitative estimate of drug-likeness (QED) is 0.620. The fourth-order valence-electron chi connectivity index (χ4n) is 2.58. The van der Waals surface area contributed by atoms with Crippen molar-refractivity contribution in [1.82, 2.24) is 0 Å². The molecule has 0 amide bonds. The molecule has 0 saturated heterocycles. The normalized spacial score (nSPS) is 11.7. The summed E-state index contributed by atoms with van der Waals surface area (Å²) < 4.78 is 13.8. The summed E-state index contributed by atoms with van der Waals surface area (Å²) in [5.41, 5.74) is 2.26. The first-order chi connectivity index (χ1) is 11.2. The SMILES string of the molecule is Cc1cccc(/C=C/P(=O)(c2ccccc2)c2ccccc2)c1. The highest BCUT2D eigenvalue weighted by atomic mass is 31.2. The Morgan fingerprint density at radius 3 is 1.83 bits per heavy atom. The Bertz CT molecular complexity index is 808. The van der Waals surface area contributed by atoms with E-state index in [2.05, 4.69) is 19.1 Å². The molecule has 1 nitrogen and oxygen atoms in total. The van der Waals surface area contributed by atoms with Crippen LogP contribution in [-0.4, -0.2) is 0 Å². The molecule has 0 radical (unpaired) electrons. The third kappa shape index (κ3) is 3.52. The molecule has 23 heavy (non-hydrogen) atoms. The van der Waals surface area contributed by atoms with Crippen LogP contribution in [-0.2, 0) is 4.57 Å². The van der Waals surface area contributed by atoms with Gasteiger partial charge in [0.2, 0.25) is 0 Å². The van der Waals surface area contributed by atoms with Crippen molar-refractivity contribution in [2.24, 2.45) is 0 Å². The summed E-state index contributed by atoms with van der Waals surface area (Å²) in [6.07, 6.45) is 1.97. The lowest BCUT2D eigenvalue weighted by atomic mass is 10.1. The number of hydrogen-bond acceptors (Lipinski definition) is 1. The smallest absolute Gasteiger partial charge is 0.164 e. The van der Waals surface area contributed by atoms with E-state index in [1.807, 2.05) is 84.7 Å². The molecular formula is C21H19OP. The Hall–Kier alpha value is -2.37. The van der Waals surface area contributed by atoms with Crippen molar-refractivity contribution in [1.29, 1.82) is 0 Å². The second kappa shape index (κ2) is 6.81. The Labute approximate surface area is 137 Å². The lowest BCUT2D eigenvalue weighted by Gasteiger charge is -2.15. The fourth-order valence-corrected chi connectivity index (χ4v) is 4.84. The minimum absolute atomic E-state index is 0.857. The highest BCUT2D eigenvalue weighted by Crippen LogP contribution is 2.45. The molecule has 0 fully saturated rings. The highest BCUT2D eigenvalue weighted by molar-refractivity contribution is 7.81. The monoisotopic (exact) mass is 318 g/mol. The van der Waals surface area contributed by atoms with E-state index in [-0.39, 0.29) is 0 Å². The number of hydrogen-bond donors (Lipinski definition) is 0. The molecule has 3 aromatic rings. The van der Waals surface area contributed by atoms with Gasteiger partial charge in [-0.25, -0.2) is 0 Å². The molecule has 0 saturated carbocycles. The molecule has 3 rings (SSSR count). The Morgan fingerprint density at radius 2 is 1.30 bits per heavy atom. The van der Waals surface area contributed by atoms with Crippen LogP contribution in [0, 0.1) is 6.92 Å². The number of rotatable bonds is 4. The minimum atomic E-state index is -2.79. The Kier molecular flexibility index (Phi) is 4.60. The first-order valence-corrected chi connectivity index (χ1v) is 9.43. The Morgan fingerprint density at radius 1 is 0.739 bits per heavy atom. The topological polar surface area (TPSA) is 17.1 Å². The molecule has 0 heterocycles. The van der Waals surface area contributed by atoms with Gasteiger partial charge in [0.1, 0.15) is 0 Å². The van der Waals surface area contributed by atoms with Crippen LogP contribution < -0.4 is 10.6 Å². The molecular weight excluding hydrogens is 299 g/mol. The van der Waals surface area contributed by atoms with Crippen LogP contribution in [0.5, 0.6) is 0 Å². The van der Waals surface area contributed by atoms with Gasteiger partial charge in [-0.3, -0.25) is 0 Å². The van der Waals surface area contributed by atoms with Gasteiger partial charge in [-0.05, 0) is 18.3 Å². The van der Waals surface area contributed by atoms with Gasteiger partial charge >= 0.3 is 0 Å². The van der Waals surface area contributed by atoms with E-state index in [1.165, 1.54) is 5.56 Å². The number of aryl methyl sites for hydroxylation is 1. The van der Waals surface area contributed by atoms with E-state index >= 15 is 0 Å². The summed E-state index contributed by atoms with van der Waals surface area (Å²) in [7, 11) is -2.79. The van der Waals surface area contributed by atoms with Crippen LogP contribution in [0.4, 0.5) is 0 Å². The first kappa shape index (κ1) is 15.5. The van der Waals surface area contributed by atoms with Crippen molar-refractivity contribution in [3.8, 4) is 0 Å². The van der Waals surface area contributed by atoms with E-state index < -0.39 is 7.14 Å². The van der Waals surface area contributed by atoms with Crippen molar-refractivity contribution in [3.05, 3.63) is 102 Å². The number of benzene rings is 3. The first-order valence-electron chi connectivity index (χ1n) is 7.65. The largest absolute Gasteiger partial charge is 0.309 e. The van der Waals surface area contributed by atoms with Crippen LogP contribution in [0.2, 0.25) is 0 Å².